The first-order valence-electron chi connectivity index (χ1n) is 8.40. The van der Waals surface area contributed by atoms with Crippen LogP contribution < -0.4 is 5.32 Å². The highest BCUT2D eigenvalue weighted by Gasteiger charge is 2.13. The molecule has 0 radical (unpaired) electrons. The number of hydrogen-bond donors (Lipinski definition) is 1. The summed E-state index contributed by atoms with van der Waals surface area (Å²) in [5.74, 6) is 1.61. The van der Waals surface area contributed by atoms with Crippen molar-refractivity contribution < 1.29 is 9.32 Å². The molecule has 0 aliphatic heterocycles. The van der Waals surface area contributed by atoms with E-state index in [-0.39, 0.29) is 18.2 Å². The van der Waals surface area contributed by atoms with Gasteiger partial charge in [-0.25, -0.2) is 4.98 Å². The third kappa shape index (κ3) is 4.49. The number of aromatic nitrogens is 4. The number of anilines is 1. The first-order valence-corrected chi connectivity index (χ1v) is 8.77. The first kappa shape index (κ1) is 18.1. The van der Waals surface area contributed by atoms with E-state index in [0.717, 1.165) is 5.56 Å². The molecule has 0 saturated carbocycles. The Morgan fingerprint density at radius 2 is 2.15 bits per heavy atom. The van der Waals surface area contributed by atoms with Gasteiger partial charge in [0, 0.05) is 36.2 Å². The maximum absolute atomic E-state index is 12.2. The van der Waals surface area contributed by atoms with Gasteiger partial charge in [-0.05, 0) is 11.6 Å². The minimum absolute atomic E-state index is 0.166. The minimum atomic E-state index is -0.166. The number of hydrogen-bond acceptors (Lipinski definition) is 5. The Morgan fingerprint density at radius 1 is 1.35 bits per heavy atom. The van der Waals surface area contributed by atoms with Crippen LogP contribution in [0.2, 0.25) is 5.02 Å². The monoisotopic (exact) mass is 373 g/mol. The second-order valence-electron chi connectivity index (χ2n) is 6.22. The fraction of sp³-hybridized carbons (Fsp3) is 0.333. The number of halogens is 1. The van der Waals surface area contributed by atoms with Crippen LogP contribution in [0.1, 0.15) is 43.5 Å². The van der Waals surface area contributed by atoms with Gasteiger partial charge in [0.15, 0.2) is 5.82 Å². The second-order valence-corrected chi connectivity index (χ2v) is 6.63. The SMILES string of the molecule is CC(C)c1noc(CCC(=O)Nc2nccn2Cc2ccccc2Cl)n1. The Balaban J connectivity index is 1.58. The quantitative estimate of drug-likeness (QED) is 0.683. The molecule has 0 aliphatic rings. The second kappa shape index (κ2) is 8.14. The van der Waals surface area contributed by atoms with Crippen molar-refractivity contribution in [2.75, 3.05) is 5.32 Å². The predicted molar refractivity (Wildman–Crippen MR) is 98.1 cm³/mol. The zero-order chi connectivity index (χ0) is 18.5. The summed E-state index contributed by atoms with van der Waals surface area (Å²) in [5.41, 5.74) is 0.953. The fourth-order valence-electron chi connectivity index (χ4n) is 2.38. The zero-order valence-corrected chi connectivity index (χ0v) is 15.4. The molecule has 7 nitrogen and oxygen atoms in total. The number of rotatable bonds is 7. The van der Waals surface area contributed by atoms with Crippen LogP contribution in [0.5, 0.6) is 0 Å². The maximum Gasteiger partial charge on any atom is 0.227 e. The predicted octanol–water partition coefficient (Wildman–Crippen LogP) is 3.66. The molecule has 0 unspecified atom stereocenters. The number of nitrogens with one attached hydrogen (secondary N) is 1. The van der Waals surface area contributed by atoms with E-state index in [1.165, 1.54) is 0 Å². The van der Waals surface area contributed by atoms with Gasteiger partial charge < -0.3 is 9.09 Å². The van der Waals surface area contributed by atoms with E-state index in [2.05, 4.69) is 20.4 Å². The van der Waals surface area contributed by atoms with Crippen molar-refractivity contribution in [3.05, 3.63) is 59.0 Å². The normalized spacial score (nSPS) is 11.1. The maximum atomic E-state index is 12.2. The lowest BCUT2D eigenvalue weighted by Crippen LogP contribution is -2.16. The smallest absolute Gasteiger partial charge is 0.227 e. The number of imidazole rings is 1. The van der Waals surface area contributed by atoms with E-state index in [4.69, 9.17) is 16.1 Å². The van der Waals surface area contributed by atoms with Crippen molar-refractivity contribution in [2.24, 2.45) is 0 Å². The van der Waals surface area contributed by atoms with Gasteiger partial charge >= 0.3 is 0 Å². The van der Waals surface area contributed by atoms with Crippen molar-refractivity contribution in [1.29, 1.82) is 0 Å². The van der Waals surface area contributed by atoms with Crippen molar-refractivity contribution >= 4 is 23.5 Å². The van der Waals surface area contributed by atoms with E-state index in [0.29, 0.717) is 35.7 Å². The lowest BCUT2D eigenvalue weighted by molar-refractivity contribution is -0.116. The number of nitrogens with zero attached hydrogens (tertiary/aromatic N) is 4. The Bertz CT molecular complexity index is 887. The van der Waals surface area contributed by atoms with Crippen LogP contribution in [0, 0.1) is 0 Å². The molecule has 26 heavy (non-hydrogen) atoms. The van der Waals surface area contributed by atoms with E-state index < -0.39 is 0 Å². The summed E-state index contributed by atoms with van der Waals surface area (Å²) in [6.45, 7) is 4.50. The Kier molecular flexibility index (Phi) is 5.68. The molecule has 0 atom stereocenters. The van der Waals surface area contributed by atoms with Crippen LogP contribution >= 0.6 is 11.6 Å². The van der Waals surface area contributed by atoms with Crippen LogP contribution in [-0.4, -0.2) is 25.6 Å². The molecule has 0 spiro atoms. The standard InChI is InChI=1S/C18H20ClN5O2/c1-12(2)17-22-16(26-23-17)8-7-15(25)21-18-20-9-10-24(18)11-13-5-3-4-6-14(13)19/h3-6,9-10,12H,7-8,11H2,1-2H3,(H,20,21,25). The van der Waals surface area contributed by atoms with E-state index in [1.807, 2.05) is 42.7 Å². The molecule has 0 bridgehead atoms. The summed E-state index contributed by atoms with van der Waals surface area (Å²) >= 11 is 6.20. The number of aryl methyl sites for hydroxylation is 1. The highest BCUT2D eigenvalue weighted by molar-refractivity contribution is 6.31. The number of carbonyl (C=O) groups excluding carboxylic acids is 1. The highest BCUT2D eigenvalue weighted by Crippen LogP contribution is 2.18. The molecule has 1 aromatic carbocycles. The Hall–Kier alpha value is -2.67. The van der Waals surface area contributed by atoms with Crippen LogP contribution in [0.3, 0.4) is 0 Å². The molecular formula is C18H20ClN5O2. The number of carbonyl (C=O) groups is 1. The van der Waals surface area contributed by atoms with Crippen LogP contribution in [0.25, 0.3) is 0 Å². The van der Waals surface area contributed by atoms with Crippen LogP contribution in [0.15, 0.2) is 41.2 Å². The van der Waals surface area contributed by atoms with Crippen LogP contribution in [-0.2, 0) is 17.8 Å². The molecule has 1 N–H and O–H groups in total. The average Bonchev–Trinajstić information content (AvgIpc) is 3.25. The summed E-state index contributed by atoms with van der Waals surface area (Å²) in [6.07, 6.45) is 4.06. The molecule has 0 aliphatic carbocycles. The molecular weight excluding hydrogens is 354 g/mol. The summed E-state index contributed by atoms with van der Waals surface area (Å²) < 4.78 is 6.99. The largest absolute Gasteiger partial charge is 0.339 e. The topological polar surface area (TPSA) is 85.8 Å². The van der Waals surface area contributed by atoms with Gasteiger partial charge in [-0.2, -0.15) is 4.98 Å². The van der Waals surface area contributed by atoms with Gasteiger partial charge in [0.2, 0.25) is 17.7 Å². The third-order valence-electron chi connectivity index (χ3n) is 3.83. The van der Waals surface area contributed by atoms with Crippen molar-refractivity contribution in [3.63, 3.8) is 0 Å². The molecule has 2 heterocycles. The van der Waals surface area contributed by atoms with Gasteiger partial charge in [0.1, 0.15) is 0 Å². The summed E-state index contributed by atoms with van der Waals surface area (Å²) in [7, 11) is 0. The van der Waals surface area contributed by atoms with E-state index in [9.17, 15) is 4.79 Å². The first-order chi connectivity index (χ1) is 12.5. The zero-order valence-electron chi connectivity index (χ0n) is 14.6. The molecule has 136 valence electrons. The van der Waals surface area contributed by atoms with Gasteiger partial charge in [-0.3, -0.25) is 10.1 Å². The molecule has 1 amide bonds. The van der Waals surface area contributed by atoms with Gasteiger partial charge in [0.25, 0.3) is 0 Å². The average molecular weight is 374 g/mol. The molecule has 2 aromatic heterocycles. The molecule has 0 saturated heterocycles. The summed E-state index contributed by atoms with van der Waals surface area (Å²) in [5, 5.41) is 7.38. The number of benzene rings is 1. The molecule has 3 aromatic rings. The van der Waals surface area contributed by atoms with Crippen molar-refractivity contribution in [1.82, 2.24) is 19.7 Å². The molecule has 3 rings (SSSR count). The van der Waals surface area contributed by atoms with Gasteiger partial charge in [-0.1, -0.05) is 48.8 Å². The summed E-state index contributed by atoms with van der Waals surface area (Å²) in [6, 6.07) is 7.58. The van der Waals surface area contributed by atoms with E-state index >= 15 is 0 Å². The third-order valence-corrected chi connectivity index (χ3v) is 4.20. The van der Waals surface area contributed by atoms with E-state index in [1.54, 1.807) is 12.4 Å². The number of amides is 1. The Morgan fingerprint density at radius 3 is 2.88 bits per heavy atom. The lowest BCUT2D eigenvalue weighted by Gasteiger charge is -2.10. The molecule has 8 heteroatoms. The fourth-order valence-corrected chi connectivity index (χ4v) is 2.58. The van der Waals surface area contributed by atoms with Gasteiger partial charge in [-0.15, -0.1) is 0 Å². The van der Waals surface area contributed by atoms with Crippen LogP contribution in [0.4, 0.5) is 5.95 Å². The molecule has 0 fully saturated rings. The Labute approximate surface area is 156 Å². The van der Waals surface area contributed by atoms with Crippen molar-refractivity contribution in [3.8, 4) is 0 Å². The van der Waals surface area contributed by atoms with Crippen molar-refractivity contribution in [2.45, 2.75) is 39.2 Å². The highest BCUT2D eigenvalue weighted by atomic mass is 35.5. The lowest BCUT2D eigenvalue weighted by atomic mass is 10.2. The van der Waals surface area contributed by atoms with Gasteiger partial charge in [0.05, 0.1) is 6.54 Å². The summed E-state index contributed by atoms with van der Waals surface area (Å²) in [4.78, 5) is 20.7. The minimum Gasteiger partial charge on any atom is -0.339 e.